The predicted octanol–water partition coefficient (Wildman–Crippen LogP) is 2.50. The van der Waals surface area contributed by atoms with Crippen molar-refractivity contribution in [3.8, 4) is 5.75 Å². The van der Waals surface area contributed by atoms with Gasteiger partial charge in [-0.15, -0.1) is 0 Å². The Kier molecular flexibility index (Phi) is 5.89. The third kappa shape index (κ3) is 4.55. The quantitative estimate of drug-likeness (QED) is 0.636. The van der Waals surface area contributed by atoms with Gasteiger partial charge in [0.25, 0.3) is 0 Å². The van der Waals surface area contributed by atoms with E-state index in [9.17, 15) is 0 Å². The standard InChI is InChI=1S/C17H23N3O2/c1-13-6-7-14(11-16(13)21-3)8-9-19-17(18-2)20-12-15-5-4-10-22-15/h4-7,10-11H,8-9,12H2,1-3H3,(H2,18,19,20). The first kappa shape index (κ1) is 15.9. The fraction of sp³-hybridized carbons (Fsp3) is 0.353. The van der Waals surface area contributed by atoms with Crippen molar-refractivity contribution in [2.24, 2.45) is 4.99 Å². The molecule has 0 unspecified atom stereocenters. The Bertz CT molecular complexity index is 606. The molecule has 0 radical (unpaired) electrons. The van der Waals surface area contributed by atoms with Crippen LogP contribution in [0.5, 0.6) is 5.75 Å². The molecule has 1 aromatic carbocycles. The highest BCUT2D eigenvalue weighted by atomic mass is 16.5. The molecule has 0 bridgehead atoms. The fourth-order valence-electron chi connectivity index (χ4n) is 2.15. The van der Waals surface area contributed by atoms with E-state index in [-0.39, 0.29) is 0 Å². The average molecular weight is 301 g/mol. The monoisotopic (exact) mass is 301 g/mol. The molecule has 1 heterocycles. The normalized spacial score (nSPS) is 11.3. The molecule has 2 aromatic rings. The number of guanidine groups is 1. The van der Waals surface area contributed by atoms with Crippen LogP contribution in [-0.4, -0.2) is 26.7 Å². The van der Waals surface area contributed by atoms with Crippen molar-refractivity contribution in [3.05, 3.63) is 53.5 Å². The number of methoxy groups -OCH3 is 1. The highest BCUT2D eigenvalue weighted by molar-refractivity contribution is 5.79. The number of rotatable bonds is 6. The molecule has 0 atom stereocenters. The van der Waals surface area contributed by atoms with E-state index in [0.29, 0.717) is 6.54 Å². The second-order valence-electron chi connectivity index (χ2n) is 4.99. The Morgan fingerprint density at radius 3 is 2.82 bits per heavy atom. The molecule has 0 aliphatic carbocycles. The number of hydrogen-bond acceptors (Lipinski definition) is 3. The lowest BCUT2D eigenvalue weighted by Gasteiger charge is -2.12. The maximum atomic E-state index is 5.35. The summed E-state index contributed by atoms with van der Waals surface area (Å²) in [6, 6.07) is 10.1. The van der Waals surface area contributed by atoms with E-state index < -0.39 is 0 Å². The van der Waals surface area contributed by atoms with Crippen LogP contribution in [0.2, 0.25) is 0 Å². The van der Waals surface area contributed by atoms with Gasteiger partial charge in [0.05, 0.1) is 19.9 Å². The minimum absolute atomic E-state index is 0.616. The number of aliphatic imine (C=N–C) groups is 1. The number of furan rings is 1. The first-order valence-electron chi connectivity index (χ1n) is 7.33. The molecule has 0 aliphatic rings. The number of nitrogens with one attached hydrogen (secondary N) is 2. The molecular weight excluding hydrogens is 278 g/mol. The lowest BCUT2D eigenvalue weighted by Crippen LogP contribution is -2.37. The SMILES string of the molecule is CN=C(NCCc1ccc(C)c(OC)c1)NCc1ccco1. The third-order valence-corrected chi connectivity index (χ3v) is 3.41. The summed E-state index contributed by atoms with van der Waals surface area (Å²) in [5.41, 5.74) is 2.38. The van der Waals surface area contributed by atoms with Gasteiger partial charge in [0.15, 0.2) is 5.96 Å². The number of aryl methyl sites for hydroxylation is 1. The van der Waals surface area contributed by atoms with Crippen LogP contribution in [0.3, 0.4) is 0 Å². The molecule has 0 amide bonds. The minimum Gasteiger partial charge on any atom is -0.496 e. The highest BCUT2D eigenvalue weighted by Gasteiger charge is 2.02. The smallest absolute Gasteiger partial charge is 0.191 e. The average Bonchev–Trinajstić information content (AvgIpc) is 3.05. The second-order valence-corrected chi connectivity index (χ2v) is 4.99. The summed E-state index contributed by atoms with van der Waals surface area (Å²) in [4.78, 5) is 4.19. The molecule has 0 saturated heterocycles. The van der Waals surface area contributed by atoms with Crippen molar-refractivity contribution < 1.29 is 9.15 Å². The Morgan fingerprint density at radius 1 is 1.27 bits per heavy atom. The Labute approximate surface area is 131 Å². The summed E-state index contributed by atoms with van der Waals surface area (Å²) >= 11 is 0. The van der Waals surface area contributed by atoms with Crippen molar-refractivity contribution in [3.63, 3.8) is 0 Å². The lowest BCUT2D eigenvalue weighted by molar-refractivity contribution is 0.411. The van der Waals surface area contributed by atoms with Gasteiger partial charge >= 0.3 is 0 Å². The summed E-state index contributed by atoms with van der Waals surface area (Å²) in [7, 11) is 3.46. The largest absolute Gasteiger partial charge is 0.496 e. The van der Waals surface area contributed by atoms with Crippen molar-refractivity contribution >= 4 is 5.96 Å². The van der Waals surface area contributed by atoms with Gasteiger partial charge < -0.3 is 19.8 Å². The van der Waals surface area contributed by atoms with E-state index in [4.69, 9.17) is 9.15 Å². The summed E-state index contributed by atoms with van der Waals surface area (Å²) < 4.78 is 10.6. The van der Waals surface area contributed by atoms with Crippen LogP contribution in [0, 0.1) is 6.92 Å². The van der Waals surface area contributed by atoms with E-state index in [1.165, 1.54) is 5.56 Å². The van der Waals surface area contributed by atoms with Gasteiger partial charge in [0.2, 0.25) is 0 Å². The number of nitrogens with zero attached hydrogens (tertiary/aromatic N) is 1. The highest BCUT2D eigenvalue weighted by Crippen LogP contribution is 2.18. The Balaban J connectivity index is 1.79. The van der Waals surface area contributed by atoms with Crippen molar-refractivity contribution in [1.29, 1.82) is 0 Å². The van der Waals surface area contributed by atoms with E-state index in [2.05, 4.69) is 33.8 Å². The first-order chi connectivity index (χ1) is 10.7. The van der Waals surface area contributed by atoms with Gasteiger partial charge in [-0.2, -0.15) is 0 Å². The third-order valence-electron chi connectivity index (χ3n) is 3.41. The zero-order valence-corrected chi connectivity index (χ0v) is 13.3. The van der Waals surface area contributed by atoms with Gasteiger partial charge in [-0.05, 0) is 42.7 Å². The maximum absolute atomic E-state index is 5.35. The minimum atomic E-state index is 0.616. The predicted molar refractivity (Wildman–Crippen MR) is 88.3 cm³/mol. The fourth-order valence-corrected chi connectivity index (χ4v) is 2.15. The van der Waals surface area contributed by atoms with Crippen LogP contribution >= 0.6 is 0 Å². The molecule has 118 valence electrons. The summed E-state index contributed by atoms with van der Waals surface area (Å²) in [6.45, 7) is 3.45. The van der Waals surface area contributed by atoms with Crippen LogP contribution in [0.15, 0.2) is 46.0 Å². The van der Waals surface area contributed by atoms with E-state index in [1.54, 1.807) is 20.4 Å². The molecule has 0 aliphatic heterocycles. The Hall–Kier alpha value is -2.43. The zero-order valence-electron chi connectivity index (χ0n) is 13.3. The lowest BCUT2D eigenvalue weighted by atomic mass is 10.1. The molecule has 1 aromatic heterocycles. The summed E-state index contributed by atoms with van der Waals surface area (Å²) in [5.74, 6) is 2.57. The summed E-state index contributed by atoms with van der Waals surface area (Å²) in [5, 5.41) is 6.50. The Morgan fingerprint density at radius 2 is 2.14 bits per heavy atom. The molecule has 5 heteroatoms. The van der Waals surface area contributed by atoms with Gasteiger partial charge in [-0.3, -0.25) is 4.99 Å². The molecular formula is C17H23N3O2. The zero-order chi connectivity index (χ0) is 15.8. The van der Waals surface area contributed by atoms with Gasteiger partial charge in [0.1, 0.15) is 11.5 Å². The van der Waals surface area contributed by atoms with E-state index in [1.807, 2.05) is 19.1 Å². The van der Waals surface area contributed by atoms with Crippen LogP contribution in [0.25, 0.3) is 0 Å². The molecule has 0 spiro atoms. The maximum Gasteiger partial charge on any atom is 0.191 e. The van der Waals surface area contributed by atoms with Crippen LogP contribution < -0.4 is 15.4 Å². The number of ether oxygens (including phenoxy) is 1. The van der Waals surface area contributed by atoms with Crippen LogP contribution in [0.1, 0.15) is 16.9 Å². The van der Waals surface area contributed by atoms with Crippen molar-refractivity contribution in [2.45, 2.75) is 19.9 Å². The molecule has 2 N–H and O–H groups in total. The number of benzene rings is 1. The van der Waals surface area contributed by atoms with Gasteiger partial charge in [-0.1, -0.05) is 12.1 Å². The van der Waals surface area contributed by atoms with Crippen molar-refractivity contribution in [2.75, 3.05) is 20.7 Å². The van der Waals surface area contributed by atoms with Crippen LogP contribution in [-0.2, 0) is 13.0 Å². The van der Waals surface area contributed by atoms with Gasteiger partial charge in [0, 0.05) is 13.6 Å². The summed E-state index contributed by atoms with van der Waals surface area (Å²) in [6.07, 6.45) is 2.57. The topological polar surface area (TPSA) is 58.8 Å². The first-order valence-corrected chi connectivity index (χ1v) is 7.33. The molecule has 22 heavy (non-hydrogen) atoms. The van der Waals surface area contributed by atoms with Crippen LogP contribution in [0.4, 0.5) is 0 Å². The molecule has 0 fully saturated rings. The van der Waals surface area contributed by atoms with E-state index in [0.717, 1.165) is 36.0 Å². The molecule has 0 saturated carbocycles. The second kappa shape index (κ2) is 8.12. The number of hydrogen-bond donors (Lipinski definition) is 2. The van der Waals surface area contributed by atoms with Gasteiger partial charge in [-0.25, -0.2) is 0 Å². The van der Waals surface area contributed by atoms with Crippen molar-refractivity contribution in [1.82, 2.24) is 10.6 Å². The van der Waals surface area contributed by atoms with E-state index >= 15 is 0 Å². The molecule has 2 rings (SSSR count). The molecule has 5 nitrogen and oxygen atoms in total.